The summed E-state index contributed by atoms with van der Waals surface area (Å²) in [4.78, 5) is 0. The standard InChI is InChI=1S/C14H9F6N/c15-9-3-8(4-10(16)6-9)13(21)7-1-2-11(12(17)5-7)14(18,19)20/h1-6,13H,21H2. The van der Waals surface area contributed by atoms with Crippen molar-refractivity contribution in [3.63, 3.8) is 0 Å². The largest absolute Gasteiger partial charge is 0.419 e. The second-order valence-electron chi connectivity index (χ2n) is 4.42. The summed E-state index contributed by atoms with van der Waals surface area (Å²) >= 11 is 0. The first-order chi connectivity index (χ1) is 9.68. The Labute approximate surface area is 116 Å². The summed E-state index contributed by atoms with van der Waals surface area (Å²) in [6.45, 7) is 0. The van der Waals surface area contributed by atoms with Crippen LogP contribution in [0.4, 0.5) is 26.3 Å². The van der Waals surface area contributed by atoms with Crippen molar-refractivity contribution in [2.24, 2.45) is 5.73 Å². The molecular formula is C14H9F6N. The average molecular weight is 305 g/mol. The lowest BCUT2D eigenvalue weighted by molar-refractivity contribution is -0.140. The summed E-state index contributed by atoms with van der Waals surface area (Å²) in [6, 6.07) is 3.47. The Bertz CT molecular complexity index is 645. The maximum Gasteiger partial charge on any atom is 0.419 e. The van der Waals surface area contributed by atoms with Gasteiger partial charge in [-0.25, -0.2) is 13.2 Å². The van der Waals surface area contributed by atoms with Crippen molar-refractivity contribution >= 4 is 0 Å². The van der Waals surface area contributed by atoms with Crippen LogP contribution in [0.1, 0.15) is 22.7 Å². The molecule has 0 aliphatic carbocycles. The minimum absolute atomic E-state index is 0.00772. The van der Waals surface area contributed by atoms with Gasteiger partial charge in [0.1, 0.15) is 17.5 Å². The SMILES string of the molecule is NC(c1cc(F)cc(F)c1)c1ccc(C(F)(F)F)c(F)c1. The van der Waals surface area contributed by atoms with E-state index in [1.54, 1.807) is 0 Å². The highest BCUT2D eigenvalue weighted by molar-refractivity contribution is 5.35. The molecule has 112 valence electrons. The van der Waals surface area contributed by atoms with E-state index in [2.05, 4.69) is 0 Å². The minimum Gasteiger partial charge on any atom is -0.320 e. The average Bonchev–Trinajstić information content (AvgIpc) is 2.35. The van der Waals surface area contributed by atoms with E-state index in [4.69, 9.17) is 5.73 Å². The Balaban J connectivity index is 2.40. The summed E-state index contributed by atoms with van der Waals surface area (Å²) in [7, 11) is 0. The van der Waals surface area contributed by atoms with Crippen LogP contribution in [0.15, 0.2) is 36.4 Å². The lowest BCUT2D eigenvalue weighted by Gasteiger charge is -2.15. The van der Waals surface area contributed by atoms with Crippen LogP contribution in [0.5, 0.6) is 0 Å². The van der Waals surface area contributed by atoms with Gasteiger partial charge in [-0.2, -0.15) is 13.2 Å². The van der Waals surface area contributed by atoms with Crippen molar-refractivity contribution in [3.05, 3.63) is 70.5 Å². The fraction of sp³-hybridized carbons (Fsp3) is 0.143. The zero-order valence-corrected chi connectivity index (χ0v) is 10.4. The summed E-state index contributed by atoms with van der Waals surface area (Å²) in [5.74, 6) is -3.26. The number of benzene rings is 2. The molecule has 2 aromatic rings. The highest BCUT2D eigenvalue weighted by Crippen LogP contribution is 2.33. The molecule has 0 saturated carbocycles. The number of alkyl halides is 3. The van der Waals surface area contributed by atoms with Crippen LogP contribution in [0.25, 0.3) is 0 Å². The van der Waals surface area contributed by atoms with E-state index >= 15 is 0 Å². The second-order valence-corrected chi connectivity index (χ2v) is 4.42. The molecule has 0 aliphatic heterocycles. The molecule has 0 heterocycles. The maximum absolute atomic E-state index is 13.5. The van der Waals surface area contributed by atoms with Crippen LogP contribution >= 0.6 is 0 Å². The molecule has 0 aliphatic rings. The van der Waals surface area contributed by atoms with Gasteiger partial charge in [0.05, 0.1) is 11.6 Å². The van der Waals surface area contributed by atoms with Crippen LogP contribution in [0.3, 0.4) is 0 Å². The number of halogens is 6. The molecule has 1 nitrogen and oxygen atoms in total. The van der Waals surface area contributed by atoms with Crippen LogP contribution in [-0.2, 0) is 6.18 Å². The van der Waals surface area contributed by atoms with Crippen LogP contribution < -0.4 is 5.73 Å². The first kappa shape index (κ1) is 15.4. The minimum atomic E-state index is -4.82. The number of rotatable bonds is 2. The van der Waals surface area contributed by atoms with Crippen molar-refractivity contribution in [1.82, 2.24) is 0 Å². The van der Waals surface area contributed by atoms with Crippen LogP contribution in [-0.4, -0.2) is 0 Å². The van der Waals surface area contributed by atoms with Gasteiger partial charge < -0.3 is 5.73 Å². The van der Waals surface area contributed by atoms with Gasteiger partial charge in [0.25, 0.3) is 0 Å². The Morgan fingerprint density at radius 1 is 0.810 bits per heavy atom. The van der Waals surface area contributed by atoms with Gasteiger partial charge in [-0.3, -0.25) is 0 Å². The summed E-state index contributed by atoms with van der Waals surface area (Å²) in [5, 5.41) is 0. The van der Waals surface area contributed by atoms with E-state index in [0.717, 1.165) is 18.2 Å². The summed E-state index contributed by atoms with van der Waals surface area (Å²) in [5.41, 5.74) is 4.24. The predicted molar refractivity (Wildman–Crippen MR) is 63.8 cm³/mol. The van der Waals surface area contributed by atoms with Gasteiger partial charge in [0, 0.05) is 6.07 Å². The fourth-order valence-corrected chi connectivity index (χ4v) is 1.90. The lowest BCUT2D eigenvalue weighted by atomic mass is 9.98. The van der Waals surface area contributed by atoms with E-state index in [9.17, 15) is 26.3 Å². The molecule has 0 bridgehead atoms. The van der Waals surface area contributed by atoms with Crippen LogP contribution in [0, 0.1) is 17.5 Å². The molecule has 0 saturated heterocycles. The van der Waals surface area contributed by atoms with E-state index in [0.29, 0.717) is 18.2 Å². The van der Waals surface area contributed by atoms with Crippen molar-refractivity contribution in [2.75, 3.05) is 0 Å². The Kier molecular flexibility index (Phi) is 3.95. The molecule has 21 heavy (non-hydrogen) atoms. The highest BCUT2D eigenvalue weighted by Gasteiger charge is 2.34. The molecule has 7 heteroatoms. The first-order valence-corrected chi connectivity index (χ1v) is 5.76. The van der Waals surface area contributed by atoms with Crippen molar-refractivity contribution in [2.45, 2.75) is 12.2 Å². The smallest absolute Gasteiger partial charge is 0.320 e. The van der Waals surface area contributed by atoms with E-state index < -0.39 is 35.2 Å². The summed E-state index contributed by atoms with van der Waals surface area (Å²) < 4.78 is 76.9. The predicted octanol–water partition coefficient (Wildman–Crippen LogP) is 4.17. The van der Waals surface area contributed by atoms with Crippen molar-refractivity contribution in [1.29, 1.82) is 0 Å². The maximum atomic E-state index is 13.5. The van der Waals surface area contributed by atoms with E-state index in [1.807, 2.05) is 0 Å². The van der Waals surface area contributed by atoms with Gasteiger partial charge in [0.15, 0.2) is 0 Å². The first-order valence-electron chi connectivity index (χ1n) is 5.76. The number of hydrogen-bond acceptors (Lipinski definition) is 1. The normalized spacial score (nSPS) is 13.3. The molecule has 0 amide bonds. The molecular weight excluding hydrogens is 296 g/mol. The van der Waals surface area contributed by atoms with E-state index in [-0.39, 0.29) is 11.1 Å². The van der Waals surface area contributed by atoms with Crippen LogP contribution in [0.2, 0.25) is 0 Å². The lowest BCUT2D eigenvalue weighted by Crippen LogP contribution is -2.15. The van der Waals surface area contributed by atoms with Gasteiger partial charge >= 0.3 is 6.18 Å². The molecule has 0 spiro atoms. The third-order valence-electron chi connectivity index (χ3n) is 2.90. The van der Waals surface area contributed by atoms with Gasteiger partial charge in [-0.1, -0.05) is 6.07 Å². The molecule has 1 atom stereocenters. The zero-order chi connectivity index (χ0) is 15.8. The zero-order valence-electron chi connectivity index (χ0n) is 10.4. The Morgan fingerprint density at radius 2 is 1.38 bits per heavy atom. The molecule has 0 fully saturated rings. The molecule has 1 unspecified atom stereocenters. The third kappa shape index (κ3) is 3.36. The second kappa shape index (κ2) is 5.40. The quantitative estimate of drug-likeness (QED) is 0.828. The highest BCUT2D eigenvalue weighted by atomic mass is 19.4. The molecule has 0 radical (unpaired) electrons. The monoisotopic (exact) mass is 305 g/mol. The number of hydrogen-bond donors (Lipinski definition) is 1. The van der Waals surface area contributed by atoms with Gasteiger partial charge in [-0.05, 0) is 35.4 Å². The van der Waals surface area contributed by atoms with Gasteiger partial charge in [-0.15, -0.1) is 0 Å². The third-order valence-corrected chi connectivity index (χ3v) is 2.90. The number of nitrogens with two attached hydrogens (primary N) is 1. The molecule has 2 N–H and O–H groups in total. The van der Waals surface area contributed by atoms with Crippen molar-refractivity contribution < 1.29 is 26.3 Å². The Morgan fingerprint density at radius 3 is 1.86 bits per heavy atom. The Hall–Kier alpha value is -2.02. The topological polar surface area (TPSA) is 26.0 Å². The fourth-order valence-electron chi connectivity index (χ4n) is 1.90. The molecule has 2 rings (SSSR count). The van der Waals surface area contributed by atoms with Gasteiger partial charge in [0.2, 0.25) is 0 Å². The van der Waals surface area contributed by atoms with Crippen molar-refractivity contribution in [3.8, 4) is 0 Å². The van der Waals surface area contributed by atoms with E-state index in [1.165, 1.54) is 0 Å². The summed E-state index contributed by atoms with van der Waals surface area (Å²) in [6.07, 6.45) is -4.82. The molecule has 2 aromatic carbocycles. The molecule has 0 aromatic heterocycles.